The van der Waals surface area contributed by atoms with E-state index in [1.165, 1.54) is 12.1 Å². The van der Waals surface area contributed by atoms with Crippen molar-refractivity contribution in [1.82, 2.24) is 15.0 Å². The topological polar surface area (TPSA) is 81.9 Å². The lowest BCUT2D eigenvalue weighted by Crippen LogP contribution is -2.39. The molecular formula is C16H9N3O3. The van der Waals surface area contributed by atoms with Gasteiger partial charge in [-0.2, -0.15) is 15.0 Å². The molecule has 4 rings (SSSR count). The summed E-state index contributed by atoms with van der Waals surface area (Å²) in [5.41, 5.74) is 1.51. The molecule has 3 aromatic rings. The van der Waals surface area contributed by atoms with Gasteiger partial charge >= 0.3 is 0 Å². The average molecular weight is 291 g/mol. The van der Waals surface area contributed by atoms with Crippen LogP contribution in [0.15, 0.2) is 48.5 Å². The number of hydrogen-bond acceptors (Lipinski definition) is 5. The van der Waals surface area contributed by atoms with Crippen molar-refractivity contribution in [3.63, 3.8) is 0 Å². The summed E-state index contributed by atoms with van der Waals surface area (Å²) in [4.78, 5) is 38.1. The third kappa shape index (κ3) is 1.64. The molecule has 1 aliphatic rings. The molecule has 2 aromatic carbocycles. The van der Waals surface area contributed by atoms with Gasteiger partial charge in [-0.1, -0.05) is 36.4 Å². The third-order valence-corrected chi connectivity index (χ3v) is 3.69. The van der Waals surface area contributed by atoms with Crippen molar-refractivity contribution >= 4 is 28.4 Å². The van der Waals surface area contributed by atoms with E-state index < -0.39 is 23.4 Å². The lowest BCUT2D eigenvalue weighted by Gasteiger charge is -2.20. The van der Waals surface area contributed by atoms with Crippen LogP contribution in [0.25, 0.3) is 11.0 Å². The molecule has 6 nitrogen and oxygen atoms in total. The van der Waals surface area contributed by atoms with Gasteiger partial charge in [-0.3, -0.25) is 14.4 Å². The number of carbonyl (C=O) groups excluding carboxylic acids is 3. The van der Waals surface area contributed by atoms with Gasteiger partial charge in [0.25, 0.3) is 0 Å². The fourth-order valence-electron chi connectivity index (χ4n) is 2.62. The highest BCUT2D eigenvalue weighted by atomic mass is 16.2. The summed E-state index contributed by atoms with van der Waals surface area (Å²) in [5.74, 6) is -1.94. The molecule has 1 heterocycles. The molecule has 106 valence electrons. The van der Waals surface area contributed by atoms with E-state index in [9.17, 15) is 14.4 Å². The van der Waals surface area contributed by atoms with Crippen molar-refractivity contribution in [3.05, 3.63) is 59.7 Å². The highest BCUT2D eigenvalue weighted by Gasteiger charge is 2.42. The van der Waals surface area contributed by atoms with E-state index >= 15 is 0 Å². The summed E-state index contributed by atoms with van der Waals surface area (Å²) in [6.45, 7) is 0. The van der Waals surface area contributed by atoms with Crippen LogP contribution >= 0.6 is 0 Å². The summed E-state index contributed by atoms with van der Waals surface area (Å²) in [7, 11) is 0. The van der Waals surface area contributed by atoms with Crippen molar-refractivity contribution in [2.75, 3.05) is 0 Å². The number of benzene rings is 2. The quantitative estimate of drug-likeness (QED) is 0.502. The molecule has 1 aromatic heterocycles. The Kier molecular flexibility index (Phi) is 2.53. The van der Waals surface area contributed by atoms with Crippen LogP contribution in [0.3, 0.4) is 0 Å². The van der Waals surface area contributed by atoms with Gasteiger partial charge in [0.15, 0.2) is 5.78 Å². The first-order valence-electron chi connectivity index (χ1n) is 6.70. The number of ketones is 3. The Bertz CT molecular complexity index is 925. The molecule has 6 heteroatoms. The molecule has 0 amide bonds. The molecule has 0 unspecified atom stereocenters. The second-order valence-corrected chi connectivity index (χ2v) is 5.01. The molecule has 0 saturated carbocycles. The van der Waals surface area contributed by atoms with Crippen LogP contribution < -0.4 is 0 Å². The molecule has 0 saturated heterocycles. The zero-order valence-corrected chi connectivity index (χ0v) is 11.3. The monoisotopic (exact) mass is 291 g/mol. The Morgan fingerprint density at radius 1 is 0.727 bits per heavy atom. The van der Waals surface area contributed by atoms with Crippen LogP contribution in [-0.2, 0) is 4.79 Å². The van der Waals surface area contributed by atoms with E-state index in [2.05, 4.69) is 10.2 Å². The highest BCUT2D eigenvalue weighted by Crippen LogP contribution is 2.26. The van der Waals surface area contributed by atoms with Crippen molar-refractivity contribution in [1.29, 1.82) is 0 Å². The van der Waals surface area contributed by atoms with Crippen LogP contribution in [0.5, 0.6) is 0 Å². The molecular weight excluding hydrogens is 282 g/mol. The van der Waals surface area contributed by atoms with Crippen molar-refractivity contribution < 1.29 is 14.4 Å². The summed E-state index contributed by atoms with van der Waals surface area (Å²) in [6.07, 6.45) is 0. The van der Waals surface area contributed by atoms with Gasteiger partial charge in [-0.05, 0) is 12.1 Å². The summed E-state index contributed by atoms with van der Waals surface area (Å²) < 4.78 is 0. The summed E-state index contributed by atoms with van der Waals surface area (Å²) in [6, 6.07) is 12.0. The maximum absolute atomic E-state index is 12.6. The first-order chi connectivity index (χ1) is 10.7. The van der Waals surface area contributed by atoms with Crippen LogP contribution in [0, 0.1) is 0 Å². The third-order valence-electron chi connectivity index (χ3n) is 3.69. The Hall–Kier alpha value is -3.15. The van der Waals surface area contributed by atoms with Gasteiger partial charge < -0.3 is 0 Å². The smallest absolute Gasteiger partial charge is 0.237 e. The lowest BCUT2D eigenvalue weighted by atomic mass is 9.85. The Morgan fingerprint density at radius 2 is 1.27 bits per heavy atom. The predicted octanol–water partition coefficient (Wildman–Crippen LogP) is 1.62. The first-order valence-corrected chi connectivity index (χ1v) is 6.70. The second kappa shape index (κ2) is 4.42. The zero-order valence-electron chi connectivity index (χ0n) is 11.3. The van der Waals surface area contributed by atoms with E-state index in [0.29, 0.717) is 11.0 Å². The number of fused-ring (bicyclic) bond motifs is 2. The number of rotatable bonds is 1. The number of aromatic nitrogens is 3. The Morgan fingerprint density at radius 3 is 1.91 bits per heavy atom. The Balaban J connectivity index is 1.90. The maximum atomic E-state index is 12.6. The fourth-order valence-corrected chi connectivity index (χ4v) is 2.62. The minimum Gasteiger partial charge on any atom is -0.291 e. The molecule has 0 bridgehead atoms. The van der Waals surface area contributed by atoms with Crippen molar-refractivity contribution in [2.24, 2.45) is 0 Å². The van der Waals surface area contributed by atoms with E-state index in [-0.39, 0.29) is 11.1 Å². The first kappa shape index (κ1) is 12.6. The molecule has 22 heavy (non-hydrogen) atoms. The number of Topliss-reactive ketones (excluding diaryl/α,β-unsaturated/α-hetero) is 3. The molecule has 0 spiro atoms. The van der Waals surface area contributed by atoms with Gasteiger partial charge in [-0.25, -0.2) is 0 Å². The van der Waals surface area contributed by atoms with Crippen LogP contribution in [0.2, 0.25) is 0 Å². The van der Waals surface area contributed by atoms with Gasteiger partial charge in [0.2, 0.25) is 17.6 Å². The van der Waals surface area contributed by atoms with E-state index in [0.717, 1.165) is 4.80 Å². The zero-order chi connectivity index (χ0) is 15.3. The standard InChI is InChI=1S/C16H9N3O3/c20-14-9-5-1-2-6-10(9)15(21)16(22)13(14)19-17-11-7-3-4-8-12(11)18-19/h1-8,13H/t13-/m0/s1. The van der Waals surface area contributed by atoms with E-state index in [4.69, 9.17) is 0 Å². The van der Waals surface area contributed by atoms with Crippen LogP contribution in [-0.4, -0.2) is 32.3 Å². The van der Waals surface area contributed by atoms with Gasteiger partial charge in [-0.15, -0.1) is 0 Å². The fraction of sp³-hybridized carbons (Fsp3) is 0.0625. The molecule has 1 atom stereocenters. The predicted molar refractivity (Wildman–Crippen MR) is 76.7 cm³/mol. The van der Waals surface area contributed by atoms with E-state index in [1.54, 1.807) is 36.4 Å². The summed E-state index contributed by atoms with van der Waals surface area (Å²) >= 11 is 0. The number of hydrogen-bond donors (Lipinski definition) is 0. The molecule has 1 aliphatic carbocycles. The Labute approximate surface area is 124 Å². The van der Waals surface area contributed by atoms with Crippen LogP contribution in [0.4, 0.5) is 0 Å². The molecule has 0 aliphatic heterocycles. The second-order valence-electron chi connectivity index (χ2n) is 5.01. The van der Waals surface area contributed by atoms with Crippen molar-refractivity contribution in [3.8, 4) is 0 Å². The number of nitrogens with zero attached hydrogens (tertiary/aromatic N) is 3. The van der Waals surface area contributed by atoms with E-state index in [1.807, 2.05) is 0 Å². The van der Waals surface area contributed by atoms with Gasteiger partial charge in [0, 0.05) is 11.1 Å². The minimum atomic E-state index is -1.32. The SMILES string of the molecule is O=C1C(=O)[C@@H](n2nc3ccccc3n2)C(=O)c2ccccc21. The number of carbonyl (C=O) groups is 3. The largest absolute Gasteiger partial charge is 0.291 e. The average Bonchev–Trinajstić information content (AvgIpc) is 2.96. The van der Waals surface area contributed by atoms with Gasteiger partial charge in [0.1, 0.15) is 11.0 Å². The normalized spacial score (nSPS) is 17.8. The lowest BCUT2D eigenvalue weighted by molar-refractivity contribution is -0.117. The molecule has 0 radical (unpaired) electrons. The minimum absolute atomic E-state index is 0.144. The van der Waals surface area contributed by atoms with Crippen molar-refractivity contribution in [2.45, 2.75) is 6.04 Å². The van der Waals surface area contributed by atoms with Crippen LogP contribution in [0.1, 0.15) is 26.8 Å². The molecule has 0 N–H and O–H groups in total. The highest BCUT2D eigenvalue weighted by molar-refractivity contribution is 6.52. The summed E-state index contributed by atoms with van der Waals surface area (Å²) in [5, 5.41) is 8.31. The maximum Gasteiger partial charge on any atom is 0.237 e. The van der Waals surface area contributed by atoms with Gasteiger partial charge in [0.05, 0.1) is 0 Å². The molecule has 0 fully saturated rings.